The Morgan fingerprint density at radius 2 is 1.94 bits per heavy atom. The minimum absolute atomic E-state index is 0.0127. The maximum Gasteiger partial charge on any atom is 0.293 e. The van der Waals surface area contributed by atoms with E-state index in [1.165, 1.54) is 29.5 Å². The highest BCUT2D eigenvalue weighted by molar-refractivity contribution is 7.80. The highest BCUT2D eigenvalue weighted by Gasteiger charge is 2.17. The monoisotopic (exact) mass is 518 g/mol. The lowest BCUT2D eigenvalue weighted by Crippen LogP contribution is -2.33. The molecule has 1 amide bonds. The van der Waals surface area contributed by atoms with Gasteiger partial charge in [0, 0.05) is 28.6 Å². The molecule has 8 nitrogen and oxygen atoms in total. The topological polar surface area (TPSA) is 110 Å². The number of nitro benzene ring substituents is 1. The van der Waals surface area contributed by atoms with Gasteiger partial charge in [-0.3, -0.25) is 20.2 Å². The van der Waals surface area contributed by atoms with Crippen molar-refractivity contribution in [3.63, 3.8) is 0 Å². The molecule has 4 rings (SSSR count). The molecule has 4 aromatic rings. The number of carbonyl (C=O) groups is 1. The first-order chi connectivity index (χ1) is 15.8. The molecule has 166 valence electrons. The Hall–Kier alpha value is -3.31. The summed E-state index contributed by atoms with van der Waals surface area (Å²) in [5.74, 6) is -0.151. The van der Waals surface area contributed by atoms with Crippen LogP contribution in [0.4, 0.5) is 10.8 Å². The highest BCUT2D eigenvalue weighted by atomic mass is 35.5. The Morgan fingerprint density at radius 3 is 2.73 bits per heavy atom. The number of rotatable bonds is 5. The van der Waals surface area contributed by atoms with Gasteiger partial charge in [0.15, 0.2) is 16.0 Å². The molecule has 0 aliphatic carbocycles. The van der Waals surface area contributed by atoms with Crippen molar-refractivity contribution in [2.75, 3.05) is 5.32 Å². The number of amides is 1. The summed E-state index contributed by atoms with van der Waals surface area (Å²) in [5.41, 5.74) is 1.65. The zero-order valence-electron chi connectivity index (χ0n) is 16.4. The van der Waals surface area contributed by atoms with Crippen LogP contribution < -0.4 is 10.6 Å². The quantitative estimate of drug-likeness (QED) is 0.178. The van der Waals surface area contributed by atoms with Crippen LogP contribution in [0.2, 0.25) is 10.0 Å². The first kappa shape index (κ1) is 22.9. The number of benzene rings is 2. The Labute approximate surface area is 206 Å². The molecule has 33 heavy (non-hydrogen) atoms. The van der Waals surface area contributed by atoms with E-state index in [0.717, 1.165) is 0 Å². The smallest absolute Gasteiger partial charge is 0.293 e. The van der Waals surface area contributed by atoms with Gasteiger partial charge in [0.2, 0.25) is 0 Å². The Bertz CT molecular complexity index is 1390. The van der Waals surface area contributed by atoms with Gasteiger partial charge in [-0.1, -0.05) is 41.4 Å². The van der Waals surface area contributed by atoms with E-state index in [0.29, 0.717) is 37.8 Å². The van der Waals surface area contributed by atoms with Crippen molar-refractivity contribution in [3.8, 4) is 22.6 Å². The molecule has 12 heteroatoms. The van der Waals surface area contributed by atoms with Crippen LogP contribution in [0.3, 0.4) is 0 Å². The molecule has 2 aromatic carbocycles. The number of carbonyl (C=O) groups excluding carboxylic acids is 1. The molecule has 0 aliphatic heterocycles. The first-order valence-corrected chi connectivity index (χ1v) is 11.2. The maximum atomic E-state index is 12.5. The summed E-state index contributed by atoms with van der Waals surface area (Å²) in [4.78, 5) is 27.3. The van der Waals surface area contributed by atoms with Crippen LogP contribution in [0.5, 0.6) is 0 Å². The molecule has 0 bridgehead atoms. The Balaban J connectivity index is 1.41. The molecule has 2 heterocycles. The number of nitrogens with zero attached hydrogens (tertiary/aromatic N) is 2. The largest absolute Gasteiger partial charge is 0.451 e. The number of nitro groups is 1. The van der Waals surface area contributed by atoms with Crippen molar-refractivity contribution in [2.24, 2.45) is 0 Å². The van der Waals surface area contributed by atoms with E-state index in [1.807, 2.05) is 0 Å². The van der Waals surface area contributed by atoms with E-state index < -0.39 is 10.8 Å². The summed E-state index contributed by atoms with van der Waals surface area (Å²) in [6, 6.07) is 14.3. The maximum absolute atomic E-state index is 12.5. The summed E-state index contributed by atoms with van der Waals surface area (Å²) >= 11 is 18.6. The van der Waals surface area contributed by atoms with Crippen LogP contribution in [0, 0.1) is 10.1 Å². The van der Waals surface area contributed by atoms with Crippen molar-refractivity contribution < 1.29 is 14.1 Å². The van der Waals surface area contributed by atoms with Crippen LogP contribution in [-0.2, 0) is 0 Å². The number of aromatic nitrogens is 1. The second-order valence-electron chi connectivity index (χ2n) is 6.52. The second-order valence-corrected chi connectivity index (χ2v) is 8.57. The number of nitrogens with one attached hydrogen (secondary N) is 2. The Morgan fingerprint density at radius 1 is 1.15 bits per heavy atom. The van der Waals surface area contributed by atoms with Gasteiger partial charge in [0.05, 0.1) is 20.7 Å². The number of hydrogen-bond acceptors (Lipinski definition) is 7. The van der Waals surface area contributed by atoms with Crippen LogP contribution in [0.15, 0.2) is 64.4 Å². The van der Waals surface area contributed by atoms with E-state index in [9.17, 15) is 14.9 Å². The predicted molar refractivity (Wildman–Crippen MR) is 132 cm³/mol. The molecule has 0 radical (unpaired) electrons. The van der Waals surface area contributed by atoms with Gasteiger partial charge in [-0.2, -0.15) is 0 Å². The molecule has 0 spiro atoms. The van der Waals surface area contributed by atoms with Gasteiger partial charge in [-0.05, 0) is 36.5 Å². The van der Waals surface area contributed by atoms with Crippen molar-refractivity contribution in [1.29, 1.82) is 0 Å². The zero-order valence-corrected chi connectivity index (χ0v) is 19.5. The molecule has 0 saturated heterocycles. The Kier molecular flexibility index (Phi) is 6.70. The second kappa shape index (κ2) is 9.67. The predicted octanol–water partition coefficient (Wildman–Crippen LogP) is 6.41. The molecule has 0 atom stereocenters. The fourth-order valence-corrected chi connectivity index (χ4v) is 4.21. The summed E-state index contributed by atoms with van der Waals surface area (Å²) < 4.78 is 5.60. The minimum atomic E-state index is -0.563. The van der Waals surface area contributed by atoms with Gasteiger partial charge < -0.3 is 9.73 Å². The van der Waals surface area contributed by atoms with Gasteiger partial charge in [0.1, 0.15) is 5.76 Å². The van der Waals surface area contributed by atoms with Crippen molar-refractivity contribution in [2.45, 2.75) is 0 Å². The standard InChI is InChI=1S/C21H12Cl2N4O4S2/c22-14-6-2-5-13(18(14)23)16-7-8-17(31-16)19(28)25-20(32)26-21-24-15(10-33-21)11-3-1-4-12(9-11)27(29)30/h1-10H,(H2,24,25,26,28,32). The third kappa shape index (κ3) is 5.20. The van der Waals surface area contributed by atoms with Crippen molar-refractivity contribution in [3.05, 3.63) is 85.9 Å². The lowest BCUT2D eigenvalue weighted by atomic mass is 10.1. The van der Waals surface area contributed by atoms with Crippen molar-refractivity contribution in [1.82, 2.24) is 10.3 Å². The van der Waals surface area contributed by atoms with Crippen LogP contribution in [0.25, 0.3) is 22.6 Å². The molecule has 0 saturated carbocycles. The van der Waals surface area contributed by atoms with Crippen LogP contribution in [0.1, 0.15) is 10.6 Å². The summed E-state index contributed by atoms with van der Waals surface area (Å²) in [5, 5.41) is 19.1. The summed E-state index contributed by atoms with van der Waals surface area (Å²) in [7, 11) is 0. The number of anilines is 1. The lowest BCUT2D eigenvalue weighted by molar-refractivity contribution is -0.384. The molecule has 0 unspecified atom stereocenters. The lowest BCUT2D eigenvalue weighted by Gasteiger charge is -2.06. The van der Waals surface area contributed by atoms with E-state index in [2.05, 4.69) is 15.6 Å². The third-order valence-corrected chi connectivity index (χ3v) is 6.13. The van der Waals surface area contributed by atoms with Gasteiger partial charge in [-0.15, -0.1) is 11.3 Å². The molecule has 2 aromatic heterocycles. The molecular formula is C21H12Cl2N4O4S2. The summed E-state index contributed by atoms with van der Waals surface area (Å²) in [6.07, 6.45) is 0. The molecular weight excluding hydrogens is 507 g/mol. The SMILES string of the molecule is O=C(NC(=S)Nc1nc(-c2cccc([N+](=O)[O-])c2)cs1)c1ccc(-c2cccc(Cl)c2Cl)o1. The molecule has 0 fully saturated rings. The van der Waals surface area contributed by atoms with Gasteiger partial charge in [0.25, 0.3) is 11.6 Å². The van der Waals surface area contributed by atoms with Crippen LogP contribution in [-0.4, -0.2) is 20.9 Å². The van der Waals surface area contributed by atoms with Crippen LogP contribution >= 0.6 is 46.8 Å². The molecule has 2 N–H and O–H groups in total. The van der Waals surface area contributed by atoms with Crippen molar-refractivity contribution >= 4 is 68.6 Å². The fraction of sp³-hybridized carbons (Fsp3) is 0. The van der Waals surface area contributed by atoms with E-state index >= 15 is 0 Å². The normalized spacial score (nSPS) is 10.6. The first-order valence-electron chi connectivity index (χ1n) is 9.18. The zero-order chi connectivity index (χ0) is 23.5. The third-order valence-electron chi connectivity index (χ3n) is 4.35. The van der Waals surface area contributed by atoms with E-state index in [-0.39, 0.29) is 16.6 Å². The average molecular weight is 519 g/mol. The number of furan rings is 1. The fourth-order valence-electron chi connectivity index (χ4n) is 2.83. The highest BCUT2D eigenvalue weighted by Crippen LogP contribution is 2.34. The minimum Gasteiger partial charge on any atom is -0.451 e. The average Bonchev–Trinajstić information content (AvgIpc) is 3.46. The van der Waals surface area contributed by atoms with Gasteiger partial charge >= 0.3 is 0 Å². The number of halogens is 2. The number of thiazole rings is 1. The number of thiocarbonyl (C=S) groups is 1. The summed E-state index contributed by atoms with van der Waals surface area (Å²) in [6.45, 7) is 0. The van der Waals surface area contributed by atoms with Gasteiger partial charge in [-0.25, -0.2) is 4.98 Å². The van der Waals surface area contributed by atoms with E-state index in [4.69, 9.17) is 39.8 Å². The molecule has 0 aliphatic rings. The number of non-ortho nitro benzene ring substituents is 1. The van der Waals surface area contributed by atoms with E-state index in [1.54, 1.807) is 41.8 Å². The number of hydrogen-bond donors (Lipinski definition) is 2.